The third kappa shape index (κ3) is 2.08. The lowest BCUT2D eigenvalue weighted by Crippen LogP contribution is -2.34. The first kappa shape index (κ1) is 11.5. The molecule has 0 radical (unpaired) electrons. The molecule has 2 rings (SSSR count). The van der Waals surface area contributed by atoms with Gasteiger partial charge in [0.2, 0.25) is 6.79 Å². The van der Waals surface area contributed by atoms with E-state index in [-0.39, 0.29) is 11.8 Å². The second-order valence-electron chi connectivity index (χ2n) is 4.55. The SMILES string of the molecule is CC(C)(N)Cc1c(F)c(Cl)cc2c1OCO2. The first-order valence-electron chi connectivity index (χ1n) is 4.94. The number of fused-ring (bicyclic) bond motifs is 1. The van der Waals surface area contributed by atoms with Crippen LogP contribution < -0.4 is 15.2 Å². The molecule has 2 N–H and O–H groups in total. The van der Waals surface area contributed by atoms with Crippen LogP contribution in [0.2, 0.25) is 5.02 Å². The number of ether oxygens (including phenoxy) is 2. The Morgan fingerprint density at radius 2 is 2.19 bits per heavy atom. The Hall–Kier alpha value is -1.00. The summed E-state index contributed by atoms with van der Waals surface area (Å²) in [6, 6.07) is 1.42. The number of nitrogens with two attached hydrogens (primary N) is 1. The Bertz CT molecular complexity index is 429. The molecule has 1 aromatic carbocycles. The first-order chi connectivity index (χ1) is 7.38. The second-order valence-corrected chi connectivity index (χ2v) is 4.96. The molecule has 0 aromatic heterocycles. The average molecular weight is 246 g/mol. The van der Waals surface area contributed by atoms with E-state index in [2.05, 4.69) is 0 Å². The highest BCUT2D eigenvalue weighted by molar-refractivity contribution is 6.31. The van der Waals surface area contributed by atoms with Gasteiger partial charge in [-0.2, -0.15) is 0 Å². The lowest BCUT2D eigenvalue weighted by Gasteiger charge is -2.20. The molecule has 0 spiro atoms. The largest absolute Gasteiger partial charge is 0.454 e. The molecule has 0 unspecified atom stereocenters. The van der Waals surface area contributed by atoms with Gasteiger partial charge in [-0.25, -0.2) is 4.39 Å². The summed E-state index contributed by atoms with van der Waals surface area (Å²) < 4.78 is 24.3. The molecule has 16 heavy (non-hydrogen) atoms. The number of halogens is 2. The van der Waals surface area contributed by atoms with Crippen LogP contribution in [0.25, 0.3) is 0 Å². The minimum Gasteiger partial charge on any atom is -0.454 e. The summed E-state index contributed by atoms with van der Waals surface area (Å²) in [5.41, 5.74) is 5.72. The fourth-order valence-corrected chi connectivity index (χ4v) is 1.88. The van der Waals surface area contributed by atoms with Gasteiger partial charge in [-0.3, -0.25) is 0 Å². The standard InChI is InChI=1S/C11H13ClFNO2/c1-11(2,14)4-6-9(13)7(12)3-8-10(6)16-5-15-8/h3H,4-5,14H2,1-2H3. The van der Waals surface area contributed by atoms with Crippen LogP contribution in [-0.4, -0.2) is 12.3 Å². The van der Waals surface area contributed by atoms with Crippen molar-refractivity contribution in [2.45, 2.75) is 25.8 Å². The summed E-state index contributed by atoms with van der Waals surface area (Å²) in [5.74, 6) is 0.413. The Morgan fingerprint density at radius 1 is 1.50 bits per heavy atom. The van der Waals surface area contributed by atoms with Crippen LogP contribution in [0.1, 0.15) is 19.4 Å². The first-order valence-corrected chi connectivity index (χ1v) is 5.31. The highest BCUT2D eigenvalue weighted by Gasteiger charge is 2.27. The van der Waals surface area contributed by atoms with Crippen molar-refractivity contribution in [3.63, 3.8) is 0 Å². The van der Waals surface area contributed by atoms with Crippen molar-refractivity contribution in [1.82, 2.24) is 0 Å². The van der Waals surface area contributed by atoms with Gasteiger partial charge in [-0.15, -0.1) is 0 Å². The van der Waals surface area contributed by atoms with Crippen LogP contribution in [-0.2, 0) is 6.42 Å². The quantitative estimate of drug-likeness (QED) is 0.871. The molecule has 5 heteroatoms. The zero-order chi connectivity index (χ0) is 11.9. The van der Waals surface area contributed by atoms with E-state index in [1.165, 1.54) is 6.07 Å². The molecular formula is C11H13ClFNO2. The predicted molar refractivity (Wildman–Crippen MR) is 59.5 cm³/mol. The zero-order valence-electron chi connectivity index (χ0n) is 9.14. The van der Waals surface area contributed by atoms with Gasteiger partial charge >= 0.3 is 0 Å². The van der Waals surface area contributed by atoms with Crippen molar-refractivity contribution in [3.05, 3.63) is 22.5 Å². The number of hydrogen-bond acceptors (Lipinski definition) is 3. The van der Waals surface area contributed by atoms with Crippen LogP contribution in [0.5, 0.6) is 11.5 Å². The monoisotopic (exact) mass is 245 g/mol. The topological polar surface area (TPSA) is 44.5 Å². The van der Waals surface area contributed by atoms with Gasteiger partial charge < -0.3 is 15.2 Å². The van der Waals surface area contributed by atoms with E-state index in [9.17, 15) is 4.39 Å². The van der Waals surface area contributed by atoms with Crippen molar-refractivity contribution < 1.29 is 13.9 Å². The average Bonchev–Trinajstić information content (AvgIpc) is 2.58. The third-order valence-corrected chi connectivity index (χ3v) is 2.56. The maximum atomic E-state index is 13.9. The van der Waals surface area contributed by atoms with Gasteiger partial charge in [0.25, 0.3) is 0 Å². The third-order valence-electron chi connectivity index (χ3n) is 2.28. The number of rotatable bonds is 2. The van der Waals surface area contributed by atoms with E-state index in [4.69, 9.17) is 26.8 Å². The summed E-state index contributed by atoms with van der Waals surface area (Å²) in [4.78, 5) is 0. The molecule has 0 saturated carbocycles. The predicted octanol–water partition coefficient (Wildman–Crippen LogP) is 2.49. The molecule has 0 amide bonds. The molecule has 1 aromatic rings. The van der Waals surface area contributed by atoms with E-state index in [1.807, 2.05) is 13.8 Å². The van der Waals surface area contributed by atoms with E-state index in [0.717, 1.165) is 0 Å². The minimum absolute atomic E-state index is 0.0310. The summed E-state index contributed by atoms with van der Waals surface area (Å²) >= 11 is 5.77. The molecule has 0 aliphatic carbocycles. The van der Waals surface area contributed by atoms with Crippen molar-refractivity contribution in [2.75, 3.05) is 6.79 Å². The molecule has 3 nitrogen and oxygen atoms in total. The maximum absolute atomic E-state index is 13.9. The summed E-state index contributed by atoms with van der Waals surface area (Å²) in [7, 11) is 0. The fraction of sp³-hybridized carbons (Fsp3) is 0.455. The Morgan fingerprint density at radius 3 is 2.81 bits per heavy atom. The van der Waals surface area contributed by atoms with Crippen molar-refractivity contribution in [1.29, 1.82) is 0 Å². The van der Waals surface area contributed by atoms with E-state index in [0.29, 0.717) is 23.5 Å². The molecule has 88 valence electrons. The van der Waals surface area contributed by atoms with Crippen LogP contribution >= 0.6 is 11.6 Å². The highest BCUT2D eigenvalue weighted by atomic mass is 35.5. The summed E-state index contributed by atoms with van der Waals surface area (Å²) in [6.45, 7) is 3.72. The second kappa shape index (κ2) is 3.79. The van der Waals surface area contributed by atoms with Crippen LogP contribution in [0.4, 0.5) is 4.39 Å². The molecule has 0 saturated heterocycles. The van der Waals surface area contributed by atoms with E-state index in [1.54, 1.807) is 0 Å². The molecule has 1 aliphatic heterocycles. The Kier molecular flexibility index (Phi) is 2.72. The number of benzene rings is 1. The Labute approximate surface area is 98.3 Å². The maximum Gasteiger partial charge on any atom is 0.231 e. The van der Waals surface area contributed by atoms with Gasteiger partial charge in [-0.1, -0.05) is 11.6 Å². The van der Waals surface area contributed by atoms with Crippen LogP contribution in [0.3, 0.4) is 0 Å². The lowest BCUT2D eigenvalue weighted by atomic mass is 9.95. The van der Waals surface area contributed by atoms with Crippen LogP contribution in [0.15, 0.2) is 6.07 Å². The van der Waals surface area contributed by atoms with Gasteiger partial charge in [0, 0.05) is 17.2 Å². The van der Waals surface area contributed by atoms with E-state index < -0.39 is 11.4 Å². The van der Waals surface area contributed by atoms with Crippen molar-refractivity contribution in [3.8, 4) is 11.5 Å². The molecular weight excluding hydrogens is 233 g/mol. The molecule has 1 heterocycles. The molecule has 0 atom stereocenters. The fourth-order valence-electron chi connectivity index (χ4n) is 1.67. The lowest BCUT2D eigenvalue weighted by molar-refractivity contribution is 0.172. The van der Waals surface area contributed by atoms with Crippen LogP contribution in [0, 0.1) is 5.82 Å². The van der Waals surface area contributed by atoms with Gasteiger partial charge in [-0.05, 0) is 20.3 Å². The Balaban J connectivity index is 2.50. The van der Waals surface area contributed by atoms with Gasteiger partial charge in [0.1, 0.15) is 5.82 Å². The van der Waals surface area contributed by atoms with Gasteiger partial charge in [0.15, 0.2) is 11.5 Å². The molecule has 0 bridgehead atoms. The van der Waals surface area contributed by atoms with Crippen molar-refractivity contribution >= 4 is 11.6 Å². The molecule has 1 aliphatic rings. The zero-order valence-corrected chi connectivity index (χ0v) is 9.90. The normalized spacial score (nSPS) is 14.3. The molecule has 0 fully saturated rings. The highest BCUT2D eigenvalue weighted by Crippen LogP contribution is 2.41. The summed E-state index contributed by atoms with van der Waals surface area (Å²) in [6.07, 6.45) is 0.338. The smallest absolute Gasteiger partial charge is 0.231 e. The number of hydrogen-bond donors (Lipinski definition) is 1. The summed E-state index contributed by atoms with van der Waals surface area (Å²) in [5, 5.41) is 0.0310. The van der Waals surface area contributed by atoms with Crippen molar-refractivity contribution in [2.24, 2.45) is 5.73 Å². The minimum atomic E-state index is -0.536. The van der Waals surface area contributed by atoms with E-state index >= 15 is 0 Å². The van der Waals surface area contributed by atoms with Gasteiger partial charge in [0.05, 0.1) is 5.02 Å².